The molecule has 1 amide bonds. The minimum absolute atomic E-state index is 0.0145. The van der Waals surface area contributed by atoms with Crippen LogP contribution in [0.2, 0.25) is 0 Å². The molecular weight excluding hydrogens is 299 g/mol. The smallest absolute Gasteiger partial charge is 0.412 e. The fourth-order valence-electron chi connectivity index (χ4n) is 2.31. The van der Waals surface area contributed by atoms with Crippen molar-refractivity contribution in [2.45, 2.75) is 19.0 Å². The minimum Gasteiger partial charge on any atom is -0.478 e. The van der Waals surface area contributed by atoms with Crippen LogP contribution in [-0.2, 0) is 11.2 Å². The average molecular weight is 313 g/mol. The van der Waals surface area contributed by atoms with E-state index in [-0.39, 0.29) is 37.4 Å². The number of carbonyl (C=O) groups excluding carboxylic acids is 1. The van der Waals surface area contributed by atoms with Crippen LogP contribution in [0, 0.1) is 0 Å². The number of benzene rings is 1. The van der Waals surface area contributed by atoms with E-state index in [0.29, 0.717) is 5.56 Å². The number of alkyl halides is 3. The number of carboxylic acids is 1. The first-order valence-corrected chi connectivity index (χ1v) is 6.64. The third-order valence-electron chi connectivity index (χ3n) is 3.52. The van der Waals surface area contributed by atoms with Gasteiger partial charge >= 0.3 is 12.1 Å². The molecule has 0 aliphatic carbocycles. The fraction of sp³-hybridized carbons (Fsp3) is 0.333. The molecule has 0 atom stereocenters. The number of hydrogen-bond acceptors (Lipinski definition) is 2. The zero-order valence-electron chi connectivity index (χ0n) is 11.6. The third-order valence-corrected chi connectivity index (χ3v) is 3.52. The van der Waals surface area contributed by atoms with Gasteiger partial charge in [-0.3, -0.25) is 4.79 Å². The van der Waals surface area contributed by atoms with E-state index in [1.807, 2.05) is 0 Å². The first-order chi connectivity index (χ1) is 10.3. The van der Waals surface area contributed by atoms with E-state index < -0.39 is 17.7 Å². The summed E-state index contributed by atoms with van der Waals surface area (Å²) in [6.07, 6.45) is -3.73. The lowest BCUT2D eigenvalue weighted by Gasteiger charge is -2.27. The molecule has 2 rings (SSSR count). The molecule has 0 fully saturated rings. The molecule has 0 saturated heterocycles. The quantitative estimate of drug-likeness (QED) is 0.873. The Labute approximate surface area is 124 Å². The van der Waals surface area contributed by atoms with Crippen LogP contribution in [0.5, 0.6) is 0 Å². The molecular formula is C15H14F3NO3. The van der Waals surface area contributed by atoms with E-state index in [2.05, 4.69) is 0 Å². The summed E-state index contributed by atoms with van der Waals surface area (Å²) in [5.74, 6) is -1.52. The maximum Gasteiger partial charge on any atom is 0.412 e. The topological polar surface area (TPSA) is 57.6 Å². The fourth-order valence-corrected chi connectivity index (χ4v) is 2.31. The molecule has 0 spiro atoms. The second-order valence-electron chi connectivity index (χ2n) is 4.96. The number of nitrogens with zero attached hydrogens (tertiary/aromatic N) is 1. The molecule has 0 unspecified atom stereocenters. The molecule has 0 saturated carbocycles. The van der Waals surface area contributed by atoms with Crippen molar-refractivity contribution in [1.29, 1.82) is 0 Å². The molecule has 1 aliphatic heterocycles. The summed E-state index contributed by atoms with van der Waals surface area (Å²) in [6, 6.07) is 6.09. The van der Waals surface area contributed by atoms with Crippen LogP contribution in [0.1, 0.15) is 22.3 Å². The molecule has 4 nitrogen and oxygen atoms in total. The molecule has 1 aliphatic rings. The predicted molar refractivity (Wildman–Crippen MR) is 72.4 cm³/mol. The van der Waals surface area contributed by atoms with E-state index in [1.165, 1.54) is 17.0 Å². The lowest BCUT2D eigenvalue weighted by molar-refractivity contribution is -0.131. The van der Waals surface area contributed by atoms with Crippen molar-refractivity contribution in [3.63, 3.8) is 0 Å². The van der Waals surface area contributed by atoms with Crippen molar-refractivity contribution in [2.24, 2.45) is 0 Å². The van der Waals surface area contributed by atoms with Crippen molar-refractivity contribution < 1.29 is 27.9 Å². The van der Waals surface area contributed by atoms with Crippen molar-refractivity contribution in [2.75, 3.05) is 13.1 Å². The summed E-state index contributed by atoms with van der Waals surface area (Å²) in [4.78, 5) is 24.5. The molecule has 1 aromatic carbocycles. The number of carbonyl (C=O) groups is 2. The van der Waals surface area contributed by atoms with Gasteiger partial charge in [-0.1, -0.05) is 24.3 Å². The van der Waals surface area contributed by atoms with Crippen LogP contribution in [-0.4, -0.2) is 41.1 Å². The van der Waals surface area contributed by atoms with Gasteiger partial charge in [0.25, 0.3) is 0 Å². The van der Waals surface area contributed by atoms with Gasteiger partial charge in [0.2, 0.25) is 5.91 Å². The van der Waals surface area contributed by atoms with Gasteiger partial charge in [-0.15, -0.1) is 0 Å². The molecule has 1 heterocycles. The predicted octanol–water partition coefficient (Wildman–Crippen LogP) is 2.65. The second kappa shape index (κ2) is 6.21. The minimum atomic E-state index is -4.36. The van der Waals surface area contributed by atoms with E-state index in [9.17, 15) is 22.8 Å². The summed E-state index contributed by atoms with van der Waals surface area (Å²) >= 11 is 0. The Morgan fingerprint density at radius 1 is 1.23 bits per heavy atom. The largest absolute Gasteiger partial charge is 0.478 e. The number of carboxylic acid groups (broad SMARTS) is 1. The lowest BCUT2D eigenvalue weighted by Crippen LogP contribution is -2.37. The Bertz CT molecular complexity index is 623. The second-order valence-corrected chi connectivity index (χ2v) is 4.96. The molecule has 0 bridgehead atoms. The molecule has 1 aromatic rings. The molecule has 22 heavy (non-hydrogen) atoms. The zero-order chi connectivity index (χ0) is 16.3. The number of hydrogen-bond donors (Lipinski definition) is 1. The SMILES string of the molecule is O=C(O)c1ccccc1CC(=O)N1CC=C(C(F)(F)F)CC1. The highest BCUT2D eigenvalue weighted by Gasteiger charge is 2.35. The van der Waals surface area contributed by atoms with E-state index in [4.69, 9.17) is 5.11 Å². The molecule has 118 valence electrons. The van der Waals surface area contributed by atoms with Crippen molar-refractivity contribution in [1.82, 2.24) is 4.90 Å². The van der Waals surface area contributed by atoms with Crippen LogP contribution in [0.4, 0.5) is 13.2 Å². The maximum absolute atomic E-state index is 12.5. The van der Waals surface area contributed by atoms with Crippen molar-refractivity contribution >= 4 is 11.9 Å². The first-order valence-electron chi connectivity index (χ1n) is 6.64. The Balaban J connectivity index is 2.06. The number of halogens is 3. The van der Waals surface area contributed by atoms with Gasteiger partial charge in [0, 0.05) is 18.7 Å². The molecule has 1 N–H and O–H groups in total. The van der Waals surface area contributed by atoms with E-state index in [1.54, 1.807) is 12.1 Å². The highest BCUT2D eigenvalue weighted by atomic mass is 19.4. The number of aromatic carboxylic acids is 1. The van der Waals surface area contributed by atoms with Crippen molar-refractivity contribution in [3.8, 4) is 0 Å². The average Bonchev–Trinajstić information content (AvgIpc) is 2.46. The summed E-state index contributed by atoms with van der Waals surface area (Å²) < 4.78 is 37.6. The lowest BCUT2D eigenvalue weighted by atomic mass is 10.0. The van der Waals surface area contributed by atoms with Crippen LogP contribution < -0.4 is 0 Å². The van der Waals surface area contributed by atoms with Crippen LogP contribution in [0.25, 0.3) is 0 Å². The zero-order valence-corrected chi connectivity index (χ0v) is 11.6. The molecule has 0 radical (unpaired) electrons. The standard InChI is InChI=1S/C15H14F3NO3/c16-15(17,18)11-5-7-19(8-6-11)13(20)9-10-3-1-2-4-12(10)14(21)22/h1-5H,6-9H2,(H,21,22). The highest BCUT2D eigenvalue weighted by Crippen LogP contribution is 2.30. The molecule has 7 heteroatoms. The molecule has 0 aromatic heterocycles. The number of rotatable bonds is 3. The van der Waals surface area contributed by atoms with E-state index >= 15 is 0 Å². The van der Waals surface area contributed by atoms with Gasteiger partial charge in [-0.05, 0) is 18.1 Å². The Morgan fingerprint density at radius 2 is 1.91 bits per heavy atom. The Kier molecular flexibility index (Phi) is 4.54. The maximum atomic E-state index is 12.5. The van der Waals surface area contributed by atoms with Gasteiger partial charge < -0.3 is 10.0 Å². The first kappa shape index (κ1) is 16.1. The third kappa shape index (κ3) is 3.66. The van der Waals surface area contributed by atoms with Gasteiger partial charge in [0.05, 0.1) is 12.0 Å². The van der Waals surface area contributed by atoms with Gasteiger partial charge in [0.1, 0.15) is 0 Å². The highest BCUT2D eigenvalue weighted by molar-refractivity contribution is 5.91. The van der Waals surface area contributed by atoms with Gasteiger partial charge in [-0.25, -0.2) is 4.79 Å². The Hall–Kier alpha value is -2.31. The van der Waals surface area contributed by atoms with Crippen LogP contribution >= 0.6 is 0 Å². The van der Waals surface area contributed by atoms with Crippen LogP contribution in [0.3, 0.4) is 0 Å². The summed E-state index contributed by atoms with van der Waals surface area (Å²) in [5, 5.41) is 9.05. The van der Waals surface area contributed by atoms with Gasteiger partial charge in [0.15, 0.2) is 0 Å². The van der Waals surface area contributed by atoms with Gasteiger partial charge in [-0.2, -0.15) is 13.2 Å². The monoisotopic (exact) mass is 313 g/mol. The summed E-state index contributed by atoms with van der Waals surface area (Å²) in [5.41, 5.74) is -0.243. The van der Waals surface area contributed by atoms with E-state index in [0.717, 1.165) is 6.08 Å². The Morgan fingerprint density at radius 3 is 2.45 bits per heavy atom. The van der Waals surface area contributed by atoms with Crippen molar-refractivity contribution in [3.05, 3.63) is 47.0 Å². The normalized spacial score (nSPS) is 15.4. The van der Waals surface area contributed by atoms with Crippen LogP contribution in [0.15, 0.2) is 35.9 Å². The summed E-state index contributed by atoms with van der Waals surface area (Å²) in [7, 11) is 0. The summed E-state index contributed by atoms with van der Waals surface area (Å²) in [6.45, 7) is -0.123. The number of amides is 1.